The Morgan fingerprint density at radius 1 is 1.50 bits per heavy atom. The molecule has 0 heterocycles. The lowest BCUT2D eigenvalue weighted by molar-refractivity contribution is -0.172. The first-order chi connectivity index (χ1) is 7.34. The Morgan fingerprint density at radius 2 is 2.12 bits per heavy atom. The van der Waals surface area contributed by atoms with Crippen LogP contribution < -0.4 is 0 Å². The predicted molar refractivity (Wildman–Crippen MR) is 67.1 cm³/mol. The monoisotopic (exact) mass is 220 g/mol. The minimum atomic E-state index is -0.0860. The van der Waals surface area contributed by atoms with E-state index in [1.807, 2.05) is 6.08 Å². The number of hydrogen-bond donors (Lipinski definition) is 0. The highest BCUT2D eigenvalue weighted by molar-refractivity contribution is 5.90. The van der Waals surface area contributed by atoms with Crippen LogP contribution in [0.2, 0.25) is 0 Å². The Morgan fingerprint density at radius 3 is 2.56 bits per heavy atom. The van der Waals surface area contributed by atoms with Gasteiger partial charge in [-0.25, -0.2) is 0 Å². The summed E-state index contributed by atoms with van der Waals surface area (Å²) in [5.41, 5.74) is 0.182. The molecule has 0 aromatic heterocycles. The van der Waals surface area contributed by atoms with E-state index in [1.54, 1.807) is 0 Å². The molecular weight excluding hydrogens is 196 g/mol. The van der Waals surface area contributed by atoms with Crippen LogP contribution in [0.4, 0.5) is 0 Å². The number of fused-ring (bicyclic) bond motifs is 2. The van der Waals surface area contributed by atoms with E-state index < -0.39 is 0 Å². The number of carbonyl (C=O) groups is 1. The fourth-order valence-corrected chi connectivity index (χ4v) is 3.77. The summed E-state index contributed by atoms with van der Waals surface area (Å²) >= 11 is 0. The van der Waals surface area contributed by atoms with E-state index in [9.17, 15) is 4.79 Å². The van der Waals surface area contributed by atoms with Crippen LogP contribution in [0.1, 0.15) is 47.0 Å². The number of carbonyl (C=O) groups excluding carboxylic acids is 1. The van der Waals surface area contributed by atoms with Crippen LogP contribution in [0.25, 0.3) is 0 Å². The van der Waals surface area contributed by atoms with Crippen LogP contribution in [-0.2, 0) is 4.79 Å². The highest BCUT2D eigenvalue weighted by atomic mass is 16.1. The normalized spacial score (nSPS) is 42.4. The van der Waals surface area contributed by atoms with Gasteiger partial charge in [0.15, 0.2) is 0 Å². The van der Waals surface area contributed by atoms with Crippen LogP contribution in [0, 0.1) is 28.6 Å². The molecule has 3 rings (SSSR count). The van der Waals surface area contributed by atoms with Crippen molar-refractivity contribution in [1.29, 1.82) is 0 Å². The molecule has 0 aliphatic heterocycles. The van der Waals surface area contributed by atoms with Crippen molar-refractivity contribution in [3.63, 3.8) is 0 Å². The van der Waals surface area contributed by atoms with E-state index >= 15 is 0 Å². The lowest BCUT2D eigenvalue weighted by Gasteiger charge is -2.61. The third-order valence-corrected chi connectivity index (χ3v) is 5.63. The molecule has 0 unspecified atom stereocenters. The van der Waals surface area contributed by atoms with Crippen molar-refractivity contribution in [1.82, 2.24) is 0 Å². The third kappa shape index (κ3) is 1.33. The van der Waals surface area contributed by atoms with Crippen molar-refractivity contribution in [2.24, 2.45) is 28.6 Å². The van der Waals surface area contributed by atoms with Gasteiger partial charge in [0, 0.05) is 11.3 Å². The SMILES string of the molecule is C=CC[C@@H](C)[C@]1(C)C[C@H]2C[C@@H](C1=O)C2(C)C. The first-order valence-corrected chi connectivity index (χ1v) is 6.49. The van der Waals surface area contributed by atoms with Gasteiger partial charge in [0.25, 0.3) is 0 Å². The largest absolute Gasteiger partial charge is 0.299 e. The standard InChI is InChI=1S/C15H24O/c1-6-7-10(2)15(5)9-11-8-12(13(15)16)14(11,3)4/h6,10-12H,1,7-9H2,2-5H3/t10-,11-,12+,15+/m1/s1. The van der Waals surface area contributed by atoms with Gasteiger partial charge < -0.3 is 0 Å². The van der Waals surface area contributed by atoms with E-state index in [1.165, 1.54) is 0 Å². The zero-order valence-electron chi connectivity index (χ0n) is 11.0. The van der Waals surface area contributed by atoms with Gasteiger partial charge in [-0.05, 0) is 36.5 Å². The maximum absolute atomic E-state index is 12.6. The summed E-state index contributed by atoms with van der Waals surface area (Å²) in [5, 5.41) is 0. The number of allylic oxidation sites excluding steroid dienone is 1. The molecule has 2 bridgehead atoms. The average Bonchev–Trinajstić information content (AvgIpc) is 2.21. The quantitative estimate of drug-likeness (QED) is 0.660. The second-order valence-corrected chi connectivity index (χ2v) is 6.72. The van der Waals surface area contributed by atoms with E-state index in [2.05, 4.69) is 34.3 Å². The molecule has 0 saturated heterocycles. The summed E-state index contributed by atoms with van der Waals surface area (Å²) in [6, 6.07) is 0. The topological polar surface area (TPSA) is 17.1 Å². The summed E-state index contributed by atoms with van der Waals surface area (Å²) in [6.07, 6.45) is 5.14. The smallest absolute Gasteiger partial charge is 0.142 e. The van der Waals surface area contributed by atoms with Gasteiger partial charge in [-0.2, -0.15) is 0 Å². The van der Waals surface area contributed by atoms with Crippen molar-refractivity contribution >= 4 is 5.78 Å². The molecule has 1 heteroatoms. The van der Waals surface area contributed by atoms with Gasteiger partial charge in [-0.3, -0.25) is 4.79 Å². The molecule has 16 heavy (non-hydrogen) atoms. The first kappa shape index (κ1) is 11.9. The van der Waals surface area contributed by atoms with E-state index in [0.29, 0.717) is 17.6 Å². The Balaban J connectivity index is 2.21. The molecule has 3 aliphatic rings. The molecule has 0 aromatic carbocycles. The molecule has 0 spiro atoms. The summed E-state index contributed by atoms with van der Waals surface area (Å²) in [7, 11) is 0. The van der Waals surface area contributed by atoms with Gasteiger partial charge >= 0.3 is 0 Å². The van der Waals surface area contributed by atoms with Crippen molar-refractivity contribution in [3.8, 4) is 0 Å². The van der Waals surface area contributed by atoms with Gasteiger partial charge in [0.2, 0.25) is 0 Å². The Bertz CT molecular complexity index is 328. The molecule has 0 amide bonds. The van der Waals surface area contributed by atoms with Gasteiger partial charge in [0.05, 0.1) is 0 Å². The van der Waals surface area contributed by atoms with E-state index in [4.69, 9.17) is 0 Å². The second-order valence-electron chi connectivity index (χ2n) is 6.72. The van der Waals surface area contributed by atoms with Gasteiger partial charge in [-0.1, -0.05) is 33.8 Å². The van der Waals surface area contributed by atoms with Crippen molar-refractivity contribution in [2.45, 2.75) is 47.0 Å². The highest BCUT2D eigenvalue weighted by Gasteiger charge is 2.62. The van der Waals surface area contributed by atoms with Crippen LogP contribution in [0.15, 0.2) is 12.7 Å². The zero-order chi connectivity index (χ0) is 12.1. The summed E-state index contributed by atoms with van der Waals surface area (Å²) in [6.45, 7) is 12.7. The van der Waals surface area contributed by atoms with Crippen LogP contribution in [0.3, 0.4) is 0 Å². The summed E-state index contributed by atoms with van der Waals surface area (Å²) in [4.78, 5) is 12.6. The maximum Gasteiger partial charge on any atom is 0.142 e. The number of rotatable bonds is 3. The Hall–Kier alpha value is -0.590. The molecular formula is C15H24O. The fraction of sp³-hybridized carbons (Fsp3) is 0.800. The van der Waals surface area contributed by atoms with E-state index in [-0.39, 0.29) is 10.8 Å². The minimum absolute atomic E-state index is 0.0860. The van der Waals surface area contributed by atoms with Gasteiger partial charge in [0.1, 0.15) is 5.78 Å². The molecule has 3 aliphatic carbocycles. The second kappa shape index (κ2) is 3.45. The van der Waals surface area contributed by atoms with Crippen molar-refractivity contribution in [3.05, 3.63) is 12.7 Å². The lowest BCUT2D eigenvalue weighted by Crippen LogP contribution is -2.61. The molecule has 0 radical (unpaired) electrons. The third-order valence-electron chi connectivity index (χ3n) is 5.63. The van der Waals surface area contributed by atoms with Crippen LogP contribution >= 0.6 is 0 Å². The summed E-state index contributed by atoms with van der Waals surface area (Å²) < 4.78 is 0. The number of hydrogen-bond acceptors (Lipinski definition) is 1. The van der Waals surface area contributed by atoms with Crippen LogP contribution in [-0.4, -0.2) is 5.78 Å². The highest BCUT2D eigenvalue weighted by Crippen LogP contribution is 2.63. The summed E-state index contributed by atoms with van der Waals surface area (Å²) in [5.74, 6) is 2.05. The average molecular weight is 220 g/mol. The minimum Gasteiger partial charge on any atom is -0.299 e. The van der Waals surface area contributed by atoms with Crippen molar-refractivity contribution in [2.75, 3.05) is 0 Å². The number of ketones is 1. The molecule has 3 fully saturated rings. The number of Topliss-reactive ketones (excluding diaryl/α,β-unsaturated/α-hetero) is 1. The molecule has 90 valence electrons. The first-order valence-electron chi connectivity index (χ1n) is 6.49. The Labute approximate surface area is 99.3 Å². The maximum atomic E-state index is 12.6. The van der Waals surface area contributed by atoms with Gasteiger partial charge in [-0.15, -0.1) is 6.58 Å². The molecule has 1 nitrogen and oxygen atoms in total. The fourth-order valence-electron chi connectivity index (χ4n) is 3.77. The predicted octanol–water partition coefficient (Wildman–Crippen LogP) is 3.84. The zero-order valence-corrected chi connectivity index (χ0v) is 11.0. The molecule has 3 saturated carbocycles. The Kier molecular flexibility index (Phi) is 2.56. The van der Waals surface area contributed by atoms with Crippen molar-refractivity contribution < 1.29 is 4.79 Å². The molecule has 0 N–H and O–H groups in total. The molecule has 0 aromatic rings. The molecule has 4 atom stereocenters. The lowest BCUT2D eigenvalue weighted by atomic mass is 9.41. The van der Waals surface area contributed by atoms with Crippen LogP contribution in [0.5, 0.6) is 0 Å². The van der Waals surface area contributed by atoms with E-state index in [0.717, 1.165) is 25.2 Å².